The fourth-order valence-electron chi connectivity index (χ4n) is 3.28. The summed E-state index contributed by atoms with van der Waals surface area (Å²) in [5.41, 5.74) is 2.65. The van der Waals surface area contributed by atoms with Gasteiger partial charge in [0.15, 0.2) is 0 Å². The predicted octanol–water partition coefficient (Wildman–Crippen LogP) is 3.02. The molecule has 7 nitrogen and oxygen atoms in total. The summed E-state index contributed by atoms with van der Waals surface area (Å²) in [5.74, 6) is 1.67. The molecule has 2 heterocycles. The first-order valence-electron chi connectivity index (χ1n) is 9.73. The molecule has 29 heavy (non-hydrogen) atoms. The van der Waals surface area contributed by atoms with E-state index in [4.69, 9.17) is 4.52 Å². The number of amides is 1. The molecule has 1 aromatic carbocycles. The maximum atomic E-state index is 12.8. The van der Waals surface area contributed by atoms with Crippen molar-refractivity contribution >= 4 is 27.7 Å². The fraction of sp³-hybridized carbons (Fsp3) is 0.500. The number of aromatic nitrogens is 1. The van der Waals surface area contributed by atoms with Crippen molar-refractivity contribution in [2.24, 2.45) is 0 Å². The Labute approximate surface area is 176 Å². The smallest absolute Gasteiger partial charge is 0.243 e. The second kappa shape index (κ2) is 9.77. The van der Waals surface area contributed by atoms with E-state index < -0.39 is 10.0 Å². The molecule has 1 saturated heterocycles. The van der Waals surface area contributed by atoms with Crippen LogP contribution >= 0.6 is 11.8 Å². The number of nitrogens with zero attached hydrogens (tertiary/aromatic N) is 2. The van der Waals surface area contributed by atoms with Crippen LogP contribution in [0.2, 0.25) is 0 Å². The minimum absolute atomic E-state index is 0.0916. The zero-order chi connectivity index (χ0) is 20.9. The van der Waals surface area contributed by atoms with Crippen molar-refractivity contribution in [3.63, 3.8) is 0 Å². The topological polar surface area (TPSA) is 92.5 Å². The molecular formula is C20H27N3O4S2. The Morgan fingerprint density at radius 1 is 1.24 bits per heavy atom. The molecule has 2 aromatic rings. The van der Waals surface area contributed by atoms with Crippen LogP contribution in [0.4, 0.5) is 0 Å². The Hall–Kier alpha value is -1.84. The van der Waals surface area contributed by atoms with Gasteiger partial charge in [0.2, 0.25) is 15.9 Å². The van der Waals surface area contributed by atoms with E-state index in [1.807, 2.05) is 19.9 Å². The zero-order valence-electron chi connectivity index (χ0n) is 16.8. The Bertz CT molecular complexity index is 931. The molecule has 9 heteroatoms. The van der Waals surface area contributed by atoms with Crippen molar-refractivity contribution < 1.29 is 17.7 Å². The Morgan fingerprint density at radius 3 is 2.69 bits per heavy atom. The molecule has 158 valence electrons. The maximum absolute atomic E-state index is 12.8. The number of sulfonamides is 1. The van der Waals surface area contributed by atoms with E-state index in [1.165, 1.54) is 11.8 Å². The second-order valence-electron chi connectivity index (χ2n) is 7.18. The van der Waals surface area contributed by atoms with Crippen molar-refractivity contribution in [3.05, 3.63) is 46.8 Å². The van der Waals surface area contributed by atoms with Crippen LogP contribution in [0.15, 0.2) is 33.7 Å². The van der Waals surface area contributed by atoms with Gasteiger partial charge in [0.05, 0.1) is 16.3 Å². The summed E-state index contributed by atoms with van der Waals surface area (Å²) in [7, 11) is -3.47. The molecule has 1 N–H and O–H groups in total. The van der Waals surface area contributed by atoms with Gasteiger partial charge < -0.3 is 9.84 Å². The minimum Gasteiger partial charge on any atom is -0.361 e. The van der Waals surface area contributed by atoms with Crippen molar-refractivity contribution in [1.82, 2.24) is 14.8 Å². The second-order valence-corrected chi connectivity index (χ2v) is 10.1. The molecule has 0 unspecified atom stereocenters. The van der Waals surface area contributed by atoms with Gasteiger partial charge in [-0.15, -0.1) is 11.8 Å². The molecule has 1 fully saturated rings. The van der Waals surface area contributed by atoms with E-state index in [9.17, 15) is 13.2 Å². The van der Waals surface area contributed by atoms with Crippen LogP contribution in [-0.2, 0) is 27.1 Å². The minimum atomic E-state index is -3.47. The summed E-state index contributed by atoms with van der Waals surface area (Å²) in [6, 6.07) is 6.83. The molecule has 1 aromatic heterocycles. The highest BCUT2D eigenvalue weighted by atomic mass is 32.2. The van der Waals surface area contributed by atoms with Gasteiger partial charge in [-0.2, -0.15) is 4.31 Å². The van der Waals surface area contributed by atoms with Gasteiger partial charge in [0.25, 0.3) is 0 Å². The Balaban J connectivity index is 1.51. The molecule has 0 radical (unpaired) electrons. The normalized spacial score (nSPS) is 15.4. The van der Waals surface area contributed by atoms with E-state index >= 15 is 0 Å². The number of hydrogen-bond acceptors (Lipinski definition) is 6. The molecule has 1 amide bonds. The molecule has 0 spiro atoms. The number of aryl methyl sites for hydroxylation is 2. The number of hydrogen-bond donors (Lipinski definition) is 1. The van der Waals surface area contributed by atoms with Gasteiger partial charge in [0, 0.05) is 31.0 Å². The maximum Gasteiger partial charge on any atom is 0.243 e. The van der Waals surface area contributed by atoms with E-state index in [0.717, 1.165) is 41.8 Å². The summed E-state index contributed by atoms with van der Waals surface area (Å²) in [4.78, 5) is 12.4. The lowest BCUT2D eigenvalue weighted by atomic mass is 10.2. The Morgan fingerprint density at radius 2 is 2.00 bits per heavy atom. The molecule has 1 aliphatic rings. The molecule has 1 aliphatic heterocycles. The van der Waals surface area contributed by atoms with Crippen molar-refractivity contribution in [1.29, 1.82) is 0 Å². The number of rotatable bonds is 8. The number of benzene rings is 1. The highest BCUT2D eigenvalue weighted by Crippen LogP contribution is 2.22. The average Bonchev–Trinajstić information content (AvgIpc) is 3.05. The van der Waals surface area contributed by atoms with Crippen LogP contribution in [0.3, 0.4) is 0 Å². The third-order valence-corrected chi connectivity index (χ3v) is 7.86. The lowest BCUT2D eigenvalue weighted by molar-refractivity contribution is -0.118. The van der Waals surface area contributed by atoms with Crippen LogP contribution in [0, 0.1) is 13.8 Å². The molecule has 0 saturated carbocycles. The monoisotopic (exact) mass is 437 g/mol. The van der Waals surface area contributed by atoms with Gasteiger partial charge in [-0.25, -0.2) is 8.42 Å². The van der Waals surface area contributed by atoms with Crippen molar-refractivity contribution in [3.8, 4) is 0 Å². The quantitative estimate of drug-likeness (QED) is 0.682. The highest BCUT2D eigenvalue weighted by Gasteiger charge is 2.25. The van der Waals surface area contributed by atoms with Gasteiger partial charge in [-0.05, 0) is 44.4 Å². The molecular weight excluding hydrogens is 410 g/mol. The first-order valence-corrected chi connectivity index (χ1v) is 12.3. The van der Waals surface area contributed by atoms with Gasteiger partial charge in [-0.1, -0.05) is 23.7 Å². The number of nitrogens with one attached hydrogen (secondary N) is 1. The van der Waals surface area contributed by atoms with E-state index in [-0.39, 0.29) is 5.91 Å². The molecule has 0 aliphatic carbocycles. The zero-order valence-corrected chi connectivity index (χ0v) is 18.4. The molecule has 0 atom stereocenters. The van der Waals surface area contributed by atoms with Crippen molar-refractivity contribution in [2.75, 3.05) is 18.8 Å². The Kier molecular flexibility index (Phi) is 7.37. The number of carbonyl (C=O) groups is 1. The van der Waals surface area contributed by atoms with Gasteiger partial charge in [-0.3, -0.25) is 4.79 Å². The SMILES string of the molecule is Cc1noc(C)c1CSCC(=O)NCc1cccc(S(=O)(=O)N2CCCCC2)c1. The third-order valence-electron chi connectivity index (χ3n) is 5.00. The summed E-state index contributed by atoms with van der Waals surface area (Å²) in [6.45, 7) is 5.20. The lowest BCUT2D eigenvalue weighted by Gasteiger charge is -2.26. The lowest BCUT2D eigenvalue weighted by Crippen LogP contribution is -2.35. The first kappa shape index (κ1) is 21.9. The number of thioether (sulfide) groups is 1. The van der Waals surface area contributed by atoms with Crippen LogP contribution < -0.4 is 5.32 Å². The van der Waals surface area contributed by atoms with Crippen LogP contribution in [0.5, 0.6) is 0 Å². The molecule has 3 rings (SSSR count). The third kappa shape index (κ3) is 5.61. The van der Waals surface area contributed by atoms with Crippen LogP contribution in [-0.4, -0.2) is 42.6 Å². The number of piperidine rings is 1. The van der Waals surface area contributed by atoms with Crippen LogP contribution in [0.25, 0.3) is 0 Å². The summed E-state index contributed by atoms with van der Waals surface area (Å²) in [5, 5.41) is 6.77. The molecule has 0 bridgehead atoms. The van der Waals surface area contributed by atoms with Crippen LogP contribution in [0.1, 0.15) is 41.8 Å². The fourth-order valence-corrected chi connectivity index (χ4v) is 5.87. The van der Waals surface area contributed by atoms with E-state index in [2.05, 4.69) is 10.5 Å². The van der Waals surface area contributed by atoms with Gasteiger partial charge in [0.1, 0.15) is 5.76 Å². The summed E-state index contributed by atoms with van der Waals surface area (Å²) in [6.07, 6.45) is 2.88. The van der Waals surface area contributed by atoms with E-state index in [1.54, 1.807) is 22.5 Å². The van der Waals surface area contributed by atoms with Gasteiger partial charge >= 0.3 is 0 Å². The number of carbonyl (C=O) groups excluding carboxylic acids is 1. The predicted molar refractivity (Wildman–Crippen MR) is 113 cm³/mol. The van der Waals surface area contributed by atoms with Crippen molar-refractivity contribution in [2.45, 2.75) is 50.3 Å². The standard InChI is InChI=1S/C20H27N3O4S2/c1-15-19(16(2)27-22-15)13-28-14-20(24)21-12-17-7-6-8-18(11-17)29(25,26)23-9-4-3-5-10-23/h6-8,11H,3-5,9-10,12-14H2,1-2H3,(H,21,24). The summed E-state index contributed by atoms with van der Waals surface area (Å²) < 4.78 is 32.3. The largest absolute Gasteiger partial charge is 0.361 e. The average molecular weight is 438 g/mol. The highest BCUT2D eigenvalue weighted by molar-refractivity contribution is 7.99. The summed E-state index contributed by atoms with van der Waals surface area (Å²) >= 11 is 1.49. The first-order chi connectivity index (χ1) is 13.9. The van der Waals surface area contributed by atoms with E-state index in [0.29, 0.717) is 36.0 Å².